The molecule has 0 bridgehead atoms. The number of rotatable bonds is 7. The van der Waals surface area contributed by atoms with Gasteiger partial charge in [-0.3, -0.25) is 15.1 Å². The molecule has 4 heterocycles. The van der Waals surface area contributed by atoms with Crippen LogP contribution in [-0.4, -0.2) is 39.8 Å². The van der Waals surface area contributed by atoms with Gasteiger partial charge in [-0.15, -0.1) is 0 Å². The number of anilines is 2. The number of halogens is 1. The number of ether oxygens (including phenoxy) is 1. The van der Waals surface area contributed by atoms with Crippen LogP contribution in [0.2, 0.25) is 5.02 Å². The number of nitro groups is 1. The summed E-state index contributed by atoms with van der Waals surface area (Å²) in [6.45, 7) is 10.5. The van der Waals surface area contributed by atoms with Crippen molar-refractivity contribution in [3.63, 3.8) is 0 Å². The van der Waals surface area contributed by atoms with Crippen LogP contribution in [0.4, 0.5) is 17.1 Å². The van der Waals surface area contributed by atoms with E-state index in [9.17, 15) is 10.1 Å². The molecule has 9 nitrogen and oxygen atoms in total. The van der Waals surface area contributed by atoms with Crippen molar-refractivity contribution >= 4 is 46.0 Å². The molecule has 2 aromatic heterocycles. The zero-order valence-electron chi connectivity index (χ0n) is 26.0. The molecule has 4 aromatic rings. The lowest BCUT2D eigenvalue weighted by molar-refractivity contribution is -0.384. The number of aromatic nitrogens is 2. The topological polar surface area (TPSA) is 88.7 Å². The number of nitrogens with one attached hydrogen (secondary N) is 1. The summed E-state index contributed by atoms with van der Waals surface area (Å²) in [5.74, 6) is 1.62. The molecule has 2 aromatic carbocycles. The fraction of sp³-hybridized carbons (Fsp3) is 0.353. The van der Waals surface area contributed by atoms with Gasteiger partial charge in [0.15, 0.2) is 5.11 Å². The zero-order chi connectivity index (χ0) is 32.0. The van der Waals surface area contributed by atoms with Crippen molar-refractivity contribution < 1.29 is 9.66 Å². The monoisotopic (exact) mass is 644 g/mol. The lowest BCUT2D eigenvalue weighted by atomic mass is 9.91. The van der Waals surface area contributed by atoms with E-state index in [4.69, 9.17) is 28.6 Å². The normalized spacial score (nSPS) is 21.6. The molecule has 2 aliphatic heterocycles. The number of nitro benzene ring substituents is 1. The van der Waals surface area contributed by atoms with Gasteiger partial charge in [-0.2, -0.15) is 0 Å². The third-order valence-corrected chi connectivity index (χ3v) is 9.54. The van der Waals surface area contributed by atoms with Crippen LogP contribution < -0.4 is 19.9 Å². The van der Waals surface area contributed by atoms with Crippen LogP contribution in [0, 0.1) is 35.8 Å². The Bertz CT molecular complexity index is 1750. The Morgan fingerprint density at radius 2 is 1.78 bits per heavy atom. The second kappa shape index (κ2) is 12.3. The molecule has 0 unspecified atom stereocenters. The second-order valence-electron chi connectivity index (χ2n) is 12.3. The van der Waals surface area contributed by atoms with Crippen molar-refractivity contribution in [1.29, 1.82) is 0 Å². The van der Waals surface area contributed by atoms with Crippen molar-refractivity contribution in [2.24, 2.45) is 11.8 Å². The molecule has 1 N–H and O–H groups in total. The highest BCUT2D eigenvalue weighted by atomic mass is 35.5. The maximum absolute atomic E-state index is 12.2. The number of pyridine rings is 1. The summed E-state index contributed by atoms with van der Waals surface area (Å²) in [4.78, 5) is 20.9. The Kier molecular flexibility index (Phi) is 8.45. The van der Waals surface area contributed by atoms with E-state index in [1.54, 1.807) is 18.3 Å². The first-order valence-electron chi connectivity index (χ1n) is 15.1. The highest BCUT2D eigenvalue weighted by Gasteiger charge is 2.43. The summed E-state index contributed by atoms with van der Waals surface area (Å²) in [6, 6.07) is 18.4. The smallest absolute Gasteiger partial charge is 0.296 e. The van der Waals surface area contributed by atoms with Gasteiger partial charge in [0.05, 0.1) is 46.6 Å². The Morgan fingerprint density at radius 3 is 2.42 bits per heavy atom. The maximum atomic E-state index is 12.2. The first-order valence-corrected chi connectivity index (χ1v) is 15.9. The summed E-state index contributed by atoms with van der Waals surface area (Å²) in [5.41, 5.74) is 5.85. The van der Waals surface area contributed by atoms with Gasteiger partial charge in [0, 0.05) is 36.4 Å². The number of piperidine rings is 1. The van der Waals surface area contributed by atoms with Gasteiger partial charge in [-0.25, -0.2) is 0 Å². The number of methoxy groups -OCH3 is 1. The minimum absolute atomic E-state index is 0.0374. The maximum Gasteiger partial charge on any atom is 0.296 e. The van der Waals surface area contributed by atoms with E-state index in [0.717, 1.165) is 47.1 Å². The Morgan fingerprint density at radius 1 is 1.04 bits per heavy atom. The molecule has 11 heteroatoms. The predicted octanol–water partition coefficient (Wildman–Crippen LogP) is 7.72. The van der Waals surface area contributed by atoms with Crippen LogP contribution in [0.5, 0.6) is 5.75 Å². The van der Waals surface area contributed by atoms with Gasteiger partial charge in [-0.1, -0.05) is 31.5 Å². The van der Waals surface area contributed by atoms with Crippen LogP contribution in [0.25, 0.3) is 5.69 Å². The average molecular weight is 645 g/mol. The van der Waals surface area contributed by atoms with E-state index in [1.165, 1.54) is 19.6 Å². The minimum Gasteiger partial charge on any atom is -0.496 e. The third kappa shape index (κ3) is 5.73. The van der Waals surface area contributed by atoms with Gasteiger partial charge in [0.1, 0.15) is 11.4 Å². The average Bonchev–Trinajstić information content (AvgIpc) is 3.51. The molecule has 6 rings (SSSR count). The summed E-state index contributed by atoms with van der Waals surface area (Å²) >= 11 is 13.0. The number of hydrogen-bond acceptors (Lipinski definition) is 6. The molecule has 2 saturated heterocycles. The predicted molar refractivity (Wildman–Crippen MR) is 183 cm³/mol. The Hall–Kier alpha value is -4.15. The number of hydrogen-bond donors (Lipinski definition) is 1. The van der Waals surface area contributed by atoms with Crippen LogP contribution >= 0.6 is 23.8 Å². The van der Waals surface area contributed by atoms with Crippen molar-refractivity contribution in [3.8, 4) is 11.4 Å². The standard InChI is InChI=1S/C34H37ClN6O3S/c1-20-14-21(2)19-38(18-20)29-11-9-24(16-27(29)35)40-33(32(37-34(40)45)28-8-6-7-13-36-28)26-15-22(3)39(23(26)4)30-12-10-25(44-5)17-31(30)41(42)43/h6-13,15-17,20-21,32-33H,14,18-19H2,1-5H3,(H,37,45)/t20-,21-,32-,33+/m0/s1. The lowest BCUT2D eigenvalue weighted by Crippen LogP contribution is -2.38. The lowest BCUT2D eigenvalue weighted by Gasteiger charge is -2.37. The number of nitrogens with zero attached hydrogens (tertiary/aromatic N) is 5. The fourth-order valence-corrected chi connectivity index (χ4v) is 7.77. The van der Waals surface area contributed by atoms with E-state index in [0.29, 0.717) is 33.4 Å². The molecule has 234 valence electrons. The number of thiocarbonyl (C=S) groups is 1. The zero-order valence-corrected chi connectivity index (χ0v) is 27.6. The van der Waals surface area contributed by atoms with E-state index < -0.39 is 0 Å². The van der Waals surface area contributed by atoms with Crippen molar-refractivity contribution in [2.45, 2.75) is 46.2 Å². The van der Waals surface area contributed by atoms with E-state index >= 15 is 0 Å². The van der Waals surface area contributed by atoms with Crippen molar-refractivity contribution in [2.75, 3.05) is 30.0 Å². The molecular formula is C34H37ClN6O3S. The van der Waals surface area contributed by atoms with E-state index in [2.05, 4.69) is 52.1 Å². The minimum atomic E-state index is -0.376. The van der Waals surface area contributed by atoms with E-state index in [1.807, 2.05) is 42.7 Å². The van der Waals surface area contributed by atoms with Gasteiger partial charge >= 0.3 is 0 Å². The summed E-state index contributed by atoms with van der Waals surface area (Å²) in [7, 11) is 1.50. The first kappa shape index (κ1) is 30.9. The summed E-state index contributed by atoms with van der Waals surface area (Å²) in [5, 5.41) is 16.9. The van der Waals surface area contributed by atoms with Crippen molar-refractivity contribution in [3.05, 3.63) is 105 Å². The molecule has 4 atom stereocenters. The fourth-order valence-electron chi connectivity index (χ4n) is 7.13. The number of aryl methyl sites for hydroxylation is 1. The van der Waals surface area contributed by atoms with E-state index in [-0.39, 0.29) is 22.7 Å². The van der Waals surface area contributed by atoms with Gasteiger partial charge < -0.3 is 24.4 Å². The molecule has 0 spiro atoms. The van der Waals surface area contributed by atoms with Gasteiger partial charge in [0.2, 0.25) is 0 Å². The molecule has 2 fully saturated rings. The Labute approximate surface area is 273 Å². The third-order valence-electron chi connectivity index (χ3n) is 8.93. The first-order chi connectivity index (χ1) is 21.6. The van der Waals surface area contributed by atoms with Crippen LogP contribution in [0.1, 0.15) is 55.0 Å². The molecule has 0 radical (unpaired) electrons. The van der Waals surface area contributed by atoms with Crippen LogP contribution in [-0.2, 0) is 0 Å². The van der Waals surface area contributed by atoms with Gasteiger partial charge in [-0.05, 0) is 98.4 Å². The molecule has 0 saturated carbocycles. The largest absolute Gasteiger partial charge is 0.496 e. The highest BCUT2D eigenvalue weighted by Crippen LogP contribution is 2.46. The molecule has 45 heavy (non-hydrogen) atoms. The summed E-state index contributed by atoms with van der Waals surface area (Å²) < 4.78 is 7.21. The van der Waals surface area contributed by atoms with Crippen LogP contribution in [0.15, 0.2) is 66.9 Å². The second-order valence-corrected chi connectivity index (χ2v) is 13.1. The SMILES string of the molecule is COc1ccc(-n2c(C)cc([C@@H]3[C@H](c4ccccn4)NC(=S)N3c3ccc(N4C[C@@H](C)C[C@H](C)C4)c(Cl)c3)c2C)c([N+](=O)[O-])c1. The molecule has 2 aliphatic rings. The highest BCUT2D eigenvalue weighted by molar-refractivity contribution is 7.80. The molecule has 0 aliphatic carbocycles. The Balaban J connectivity index is 1.46. The van der Waals surface area contributed by atoms with Gasteiger partial charge in [0.25, 0.3) is 5.69 Å². The summed E-state index contributed by atoms with van der Waals surface area (Å²) in [6.07, 6.45) is 2.99. The van der Waals surface area contributed by atoms with Crippen LogP contribution in [0.3, 0.4) is 0 Å². The number of benzene rings is 2. The quantitative estimate of drug-likeness (QED) is 0.124. The molecular weight excluding hydrogens is 608 g/mol. The van der Waals surface area contributed by atoms with Crippen molar-refractivity contribution in [1.82, 2.24) is 14.9 Å². The molecule has 0 amide bonds.